The van der Waals surface area contributed by atoms with Crippen LogP contribution in [0.2, 0.25) is 0 Å². The van der Waals surface area contributed by atoms with Crippen LogP contribution >= 0.6 is 11.8 Å². The van der Waals surface area contributed by atoms with Gasteiger partial charge in [-0.25, -0.2) is 14.4 Å². The summed E-state index contributed by atoms with van der Waals surface area (Å²) in [6.45, 7) is 5.02. The lowest BCUT2D eigenvalue weighted by atomic mass is 10.1. The maximum absolute atomic E-state index is 13.5. The zero-order valence-electron chi connectivity index (χ0n) is 12.0. The summed E-state index contributed by atoms with van der Waals surface area (Å²) in [6, 6.07) is 4.12. The fraction of sp³-hybridized carbons (Fsp3) is 0.267. The fourth-order valence-electron chi connectivity index (χ4n) is 1.93. The lowest BCUT2D eigenvalue weighted by Crippen LogP contribution is -1.98. The number of phenols is 1. The van der Waals surface area contributed by atoms with E-state index < -0.39 is 5.82 Å². The van der Waals surface area contributed by atoms with Crippen LogP contribution in [0.1, 0.15) is 34.2 Å². The molecule has 1 heterocycles. The molecule has 1 N–H and O–H groups in total. The molecule has 0 saturated carbocycles. The quantitative estimate of drug-likeness (QED) is 0.532. The number of carbonyl (C=O) groups is 1. The predicted molar refractivity (Wildman–Crippen MR) is 79.1 cm³/mol. The van der Waals surface area contributed by atoms with Crippen molar-refractivity contribution < 1.29 is 14.3 Å². The van der Waals surface area contributed by atoms with E-state index in [1.165, 1.54) is 24.8 Å². The zero-order chi connectivity index (χ0) is 15.6. The molecule has 0 aliphatic rings. The molecule has 0 unspecified atom stereocenters. The van der Waals surface area contributed by atoms with E-state index in [0.717, 1.165) is 17.5 Å². The van der Waals surface area contributed by atoms with Gasteiger partial charge in [0.1, 0.15) is 11.6 Å². The molecule has 1 aromatic heterocycles. The van der Waals surface area contributed by atoms with Gasteiger partial charge in [0.15, 0.2) is 10.9 Å². The van der Waals surface area contributed by atoms with E-state index in [9.17, 15) is 14.3 Å². The van der Waals surface area contributed by atoms with Crippen LogP contribution in [-0.2, 0) is 5.75 Å². The minimum absolute atomic E-state index is 0.00746. The molecule has 0 aliphatic heterocycles. The summed E-state index contributed by atoms with van der Waals surface area (Å²) in [6.07, 6.45) is 0. The smallest absolute Gasteiger partial charge is 0.188 e. The Morgan fingerprint density at radius 2 is 1.86 bits per heavy atom. The van der Waals surface area contributed by atoms with E-state index in [4.69, 9.17) is 0 Å². The number of aromatic nitrogens is 2. The standard InChI is InChI=1S/C15H15FN2O2S/c1-8-4-9(2)18-15(17-8)21-7-11-5-12(16)6-13(10(3)19)14(11)20/h4-6,20H,7H2,1-3H3. The molecule has 4 nitrogen and oxygen atoms in total. The number of aromatic hydroxyl groups is 1. The number of hydrogen-bond acceptors (Lipinski definition) is 5. The Labute approximate surface area is 126 Å². The average molecular weight is 306 g/mol. The van der Waals surface area contributed by atoms with Gasteiger partial charge < -0.3 is 5.11 Å². The fourth-order valence-corrected chi connectivity index (χ4v) is 2.86. The zero-order valence-corrected chi connectivity index (χ0v) is 12.8. The Bertz CT molecular complexity index is 684. The van der Waals surface area contributed by atoms with Crippen molar-refractivity contribution in [2.24, 2.45) is 0 Å². The molecular weight excluding hydrogens is 291 g/mol. The number of hydrogen-bond donors (Lipinski definition) is 1. The van der Waals surface area contributed by atoms with Gasteiger partial charge in [-0.05, 0) is 39.0 Å². The van der Waals surface area contributed by atoms with Crippen molar-refractivity contribution in [1.82, 2.24) is 9.97 Å². The van der Waals surface area contributed by atoms with E-state index >= 15 is 0 Å². The number of carbonyl (C=O) groups excluding carboxylic acids is 1. The van der Waals surface area contributed by atoms with Crippen LogP contribution < -0.4 is 0 Å². The van der Waals surface area contributed by atoms with Gasteiger partial charge in [0.25, 0.3) is 0 Å². The molecule has 0 bridgehead atoms. The number of benzene rings is 1. The first-order valence-electron chi connectivity index (χ1n) is 6.34. The molecule has 0 fully saturated rings. The van der Waals surface area contributed by atoms with Crippen molar-refractivity contribution >= 4 is 17.5 Å². The third kappa shape index (κ3) is 3.78. The van der Waals surface area contributed by atoms with Crippen LogP contribution in [0.15, 0.2) is 23.4 Å². The highest BCUT2D eigenvalue weighted by Gasteiger charge is 2.14. The summed E-state index contributed by atoms with van der Waals surface area (Å²) in [5, 5.41) is 10.6. The van der Waals surface area contributed by atoms with Gasteiger partial charge in [-0.1, -0.05) is 11.8 Å². The summed E-state index contributed by atoms with van der Waals surface area (Å²) < 4.78 is 13.5. The Balaban J connectivity index is 2.25. The monoisotopic (exact) mass is 306 g/mol. The van der Waals surface area contributed by atoms with Gasteiger partial charge >= 0.3 is 0 Å². The molecule has 1 aromatic carbocycles. The first-order valence-corrected chi connectivity index (χ1v) is 7.33. The average Bonchev–Trinajstić information content (AvgIpc) is 2.38. The van der Waals surface area contributed by atoms with Gasteiger partial charge in [0.05, 0.1) is 5.56 Å². The van der Waals surface area contributed by atoms with Crippen LogP contribution in [-0.4, -0.2) is 20.9 Å². The number of thioether (sulfide) groups is 1. The summed E-state index contributed by atoms with van der Waals surface area (Å²) >= 11 is 1.28. The van der Waals surface area contributed by atoms with Crippen LogP contribution in [0.25, 0.3) is 0 Å². The van der Waals surface area contributed by atoms with Gasteiger partial charge in [0, 0.05) is 22.7 Å². The highest BCUT2D eigenvalue weighted by Crippen LogP contribution is 2.30. The lowest BCUT2D eigenvalue weighted by Gasteiger charge is -2.08. The summed E-state index contributed by atoms with van der Waals surface area (Å²) in [5.74, 6) is -0.816. The van der Waals surface area contributed by atoms with Gasteiger partial charge in [-0.3, -0.25) is 4.79 Å². The van der Waals surface area contributed by atoms with Gasteiger partial charge in [-0.15, -0.1) is 0 Å². The molecule has 0 saturated heterocycles. The third-order valence-electron chi connectivity index (χ3n) is 2.85. The van der Waals surface area contributed by atoms with Crippen molar-refractivity contribution in [1.29, 1.82) is 0 Å². The molecule has 2 rings (SSSR count). The highest BCUT2D eigenvalue weighted by molar-refractivity contribution is 7.98. The predicted octanol–water partition coefficient (Wildman–Crippen LogP) is 3.43. The van der Waals surface area contributed by atoms with Crippen LogP contribution in [0, 0.1) is 19.7 Å². The molecule has 2 aromatic rings. The number of halogens is 1. The van der Waals surface area contributed by atoms with Crippen molar-refractivity contribution in [3.63, 3.8) is 0 Å². The van der Waals surface area contributed by atoms with Gasteiger partial charge in [0.2, 0.25) is 0 Å². The van der Waals surface area contributed by atoms with Crippen molar-refractivity contribution in [2.45, 2.75) is 31.7 Å². The topological polar surface area (TPSA) is 63.1 Å². The normalized spacial score (nSPS) is 10.7. The Hall–Kier alpha value is -1.95. The number of nitrogens with zero attached hydrogens (tertiary/aromatic N) is 2. The van der Waals surface area contributed by atoms with E-state index in [1.807, 2.05) is 19.9 Å². The van der Waals surface area contributed by atoms with Crippen LogP contribution in [0.4, 0.5) is 4.39 Å². The largest absolute Gasteiger partial charge is 0.507 e. The molecule has 6 heteroatoms. The minimum Gasteiger partial charge on any atom is -0.507 e. The Morgan fingerprint density at radius 3 is 2.43 bits per heavy atom. The number of Topliss-reactive ketones (excluding diaryl/α,β-unsaturated/α-hetero) is 1. The van der Waals surface area contributed by atoms with Crippen molar-refractivity contribution in [3.05, 3.63) is 46.5 Å². The number of rotatable bonds is 4. The molecule has 0 amide bonds. The van der Waals surface area contributed by atoms with Crippen LogP contribution in [0.5, 0.6) is 5.75 Å². The highest BCUT2D eigenvalue weighted by atomic mass is 32.2. The molecule has 0 atom stereocenters. The maximum atomic E-state index is 13.5. The van der Waals surface area contributed by atoms with E-state index in [-0.39, 0.29) is 22.8 Å². The van der Waals surface area contributed by atoms with Crippen molar-refractivity contribution in [3.8, 4) is 5.75 Å². The first kappa shape index (κ1) is 15.4. The molecule has 110 valence electrons. The summed E-state index contributed by atoms with van der Waals surface area (Å²) in [4.78, 5) is 19.9. The SMILES string of the molecule is CC(=O)c1cc(F)cc(CSc2nc(C)cc(C)n2)c1O. The number of aryl methyl sites for hydroxylation is 2. The second kappa shape index (κ2) is 6.22. The molecule has 0 radical (unpaired) electrons. The van der Waals surface area contributed by atoms with E-state index in [2.05, 4.69) is 9.97 Å². The molecule has 0 spiro atoms. The first-order chi connectivity index (χ1) is 9.86. The summed E-state index contributed by atoms with van der Waals surface area (Å²) in [5.41, 5.74) is 2.04. The van der Waals surface area contributed by atoms with Crippen LogP contribution in [0.3, 0.4) is 0 Å². The van der Waals surface area contributed by atoms with Gasteiger partial charge in [-0.2, -0.15) is 0 Å². The van der Waals surface area contributed by atoms with Crippen molar-refractivity contribution in [2.75, 3.05) is 0 Å². The Kier molecular flexibility index (Phi) is 4.57. The second-order valence-corrected chi connectivity index (χ2v) is 5.68. The van der Waals surface area contributed by atoms with E-state index in [1.54, 1.807) is 0 Å². The molecule has 21 heavy (non-hydrogen) atoms. The Morgan fingerprint density at radius 1 is 1.24 bits per heavy atom. The number of ketones is 1. The third-order valence-corrected chi connectivity index (χ3v) is 3.75. The molecular formula is C15H15FN2O2S. The lowest BCUT2D eigenvalue weighted by molar-refractivity contribution is 0.101. The van der Waals surface area contributed by atoms with E-state index in [0.29, 0.717) is 10.7 Å². The number of phenolic OH excluding ortho intramolecular Hbond substituents is 1. The summed E-state index contributed by atoms with van der Waals surface area (Å²) in [7, 11) is 0. The molecule has 0 aliphatic carbocycles. The second-order valence-electron chi connectivity index (χ2n) is 4.74. The minimum atomic E-state index is -0.546. The maximum Gasteiger partial charge on any atom is 0.188 e.